The Kier molecular flexibility index (Phi) is 24.2. The number of ketones is 1. The summed E-state index contributed by atoms with van der Waals surface area (Å²) in [6.07, 6.45) is 10.8. The Morgan fingerprint density at radius 1 is 0.894 bits per heavy atom. The van der Waals surface area contributed by atoms with Gasteiger partial charge in [-0.2, -0.15) is 5.10 Å². The van der Waals surface area contributed by atoms with Crippen molar-refractivity contribution in [3.8, 4) is 11.1 Å². The Bertz CT molecular complexity index is 2900. The molecule has 0 radical (unpaired) electrons. The minimum Gasteiger partial charge on any atom is -0.382 e. The number of nitrogens with one attached hydrogen (secondary N) is 3. The summed E-state index contributed by atoms with van der Waals surface area (Å²) in [5, 5.41) is 14.7. The summed E-state index contributed by atoms with van der Waals surface area (Å²) in [7, 11) is 3.40. The number of fused-ring (bicyclic) bond motifs is 6. The molecule has 5 atom stereocenters. The lowest BCUT2D eigenvalue weighted by Crippen LogP contribution is -2.58. The Labute approximate surface area is 501 Å². The van der Waals surface area contributed by atoms with E-state index in [1.807, 2.05) is 22.6 Å². The Hall–Kier alpha value is -6.41. The van der Waals surface area contributed by atoms with E-state index in [-0.39, 0.29) is 73.4 Å². The van der Waals surface area contributed by atoms with E-state index in [2.05, 4.69) is 37.3 Å². The van der Waals surface area contributed by atoms with Crippen molar-refractivity contribution < 1.29 is 51.7 Å². The number of nitrogens with zero attached hydrogens (tertiary/aromatic N) is 8. The Balaban J connectivity index is 0.685. The lowest BCUT2D eigenvalue weighted by molar-refractivity contribution is -0.138. The molecule has 85 heavy (non-hydrogen) atoms. The number of ether oxygens (including phenoxy) is 4. The summed E-state index contributed by atoms with van der Waals surface area (Å²) >= 11 is 1.49. The van der Waals surface area contributed by atoms with Crippen molar-refractivity contribution >= 4 is 57.7 Å². The van der Waals surface area contributed by atoms with Crippen LogP contribution in [0.15, 0.2) is 77.7 Å². The summed E-state index contributed by atoms with van der Waals surface area (Å²) in [5.41, 5.74) is 11.3. The van der Waals surface area contributed by atoms with Crippen molar-refractivity contribution in [1.29, 1.82) is 0 Å². The van der Waals surface area contributed by atoms with Crippen molar-refractivity contribution in [1.82, 2.24) is 45.4 Å². The number of hydrogen-bond donors (Lipinski definition) is 4. The fourth-order valence-corrected chi connectivity index (χ4v) is 12.6. The van der Waals surface area contributed by atoms with E-state index in [0.29, 0.717) is 101 Å². The number of nitrogens with two attached hydrogens (primary N) is 1. The first kappa shape index (κ1) is 64.6. The highest BCUT2D eigenvalue weighted by molar-refractivity contribution is 8.14. The molecule has 3 saturated heterocycles. The summed E-state index contributed by atoms with van der Waals surface area (Å²) in [6.45, 7) is 15.3. The van der Waals surface area contributed by atoms with Gasteiger partial charge in [-0.1, -0.05) is 12.7 Å². The van der Waals surface area contributed by atoms with Gasteiger partial charge in [-0.3, -0.25) is 33.6 Å². The van der Waals surface area contributed by atoms with Crippen molar-refractivity contribution in [2.24, 2.45) is 10.9 Å². The number of nitrogen functional groups attached to an aromatic ring is 1. The van der Waals surface area contributed by atoms with Crippen LogP contribution in [0.2, 0.25) is 0 Å². The first-order chi connectivity index (χ1) is 41.1. The molecule has 3 aromatic rings. The number of halogens is 2. The van der Waals surface area contributed by atoms with E-state index < -0.39 is 29.8 Å². The van der Waals surface area contributed by atoms with Crippen LogP contribution < -0.4 is 26.6 Å². The molecular weight excluding hydrogens is 1110 g/mol. The number of benzene rings is 1. The molecule has 8 rings (SSSR count). The lowest BCUT2D eigenvalue weighted by Gasteiger charge is -2.38. The molecular formula is C61H84F2N12O9S. The van der Waals surface area contributed by atoms with Gasteiger partial charge in [-0.25, -0.2) is 13.8 Å². The zero-order valence-electron chi connectivity index (χ0n) is 49.5. The predicted molar refractivity (Wildman–Crippen MR) is 323 cm³/mol. The molecule has 24 heteroatoms. The molecule has 2 bridgehead atoms. The molecule has 0 spiro atoms. The van der Waals surface area contributed by atoms with E-state index in [1.165, 1.54) is 54.3 Å². The van der Waals surface area contributed by atoms with Crippen molar-refractivity contribution in [2.45, 2.75) is 109 Å². The number of amides is 4. The van der Waals surface area contributed by atoms with Crippen LogP contribution in [-0.4, -0.2) is 206 Å². The lowest BCUT2D eigenvalue weighted by atomic mass is 9.88. The number of hydrogen-bond acceptors (Lipinski definition) is 17. The predicted octanol–water partition coefficient (Wildman–Crippen LogP) is 5.04. The number of rotatable bonds is 26. The van der Waals surface area contributed by atoms with Crippen LogP contribution in [0.1, 0.15) is 80.0 Å². The SMILES string of the molecule is C=C1/C=C(F)\C=C/CC(=O)N(C)Cc2nn(CCNC(=O)CCOCCOCCOCCOCCN3CCC([C@@H](NC(=O)[C@@H](C)NC)C(=O)N4CCC[C@@H]4C4=NC(C(=O)c5ccc(F)cc5)CS4)CC3)c(C)c2-c2cnc(N)c(c2)N2CCC[C@H]12. The van der Waals surface area contributed by atoms with Gasteiger partial charge in [0.25, 0.3) is 0 Å². The molecule has 0 saturated carbocycles. The number of Topliss-reactive ketones (excluding diaryl/α,β-unsaturated/α-hetero) is 1. The van der Waals surface area contributed by atoms with Gasteiger partial charge in [-0.15, -0.1) is 11.8 Å². The number of aliphatic imine (C=N–C) groups is 1. The zero-order chi connectivity index (χ0) is 60.4. The molecule has 1 unspecified atom stereocenters. The van der Waals surface area contributed by atoms with Crippen molar-refractivity contribution in [3.05, 3.63) is 95.5 Å². The van der Waals surface area contributed by atoms with Crippen LogP contribution in [0, 0.1) is 18.7 Å². The van der Waals surface area contributed by atoms with Crippen LogP contribution in [0.4, 0.5) is 20.3 Å². The van der Waals surface area contributed by atoms with Gasteiger partial charge in [-0.05, 0) is 126 Å². The highest BCUT2D eigenvalue weighted by Gasteiger charge is 2.43. The monoisotopic (exact) mass is 1200 g/mol. The van der Waals surface area contributed by atoms with Crippen LogP contribution in [0.3, 0.4) is 0 Å². The third kappa shape index (κ3) is 17.6. The van der Waals surface area contributed by atoms with Gasteiger partial charge in [0.15, 0.2) is 5.78 Å². The summed E-state index contributed by atoms with van der Waals surface area (Å²) < 4.78 is 53.2. The van der Waals surface area contributed by atoms with Crippen LogP contribution in [0.5, 0.6) is 0 Å². The smallest absolute Gasteiger partial charge is 0.246 e. The van der Waals surface area contributed by atoms with E-state index in [1.54, 1.807) is 32.1 Å². The highest BCUT2D eigenvalue weighted by Crippen LogP contribution is 2.38. The maximum atomic E-state index is 14.9. The number of likely N-dealkylation sites (N-methyl/N-ethyl adjacent to an activating group) is 1. The number of pyridine rings is 1. The second kappa shape index (κ2) is 31.8. The number of piperidine rings is 1. The highest BCUT2D eigenvalue weighted by atomic mass is 32.2. The number of likely N-dealkylation sites (tertiary alicyclic amines) is 2. The quantitative estimate of drug-likeness (QED) is 0.0609. The minimum atomic E-state index is -0.696. The molecule has 0 aliphatic carbocycles. The molecule has 2 aromatic heterocycles. The van der Waals surface area contributed by atoms with Gasteiger partial charge >= 0.3 is 0 Å². The van der Waals surface area contributed by atoms with Gasteiger partial charge in [0, 0.05) is 80.4 Å². The second-order valence-corrected chi connectivity index (χ2v) is 23.2. The van der Waals surface area contributed by atoms with E-state index >= 15 is 0 Å². The molecule has 5 aliphatic rings. The summed E-state index contributed by atoms with van der Waals surface area (Å²) in [6, 6.07) is 5.27. The van der Waals surface area contributed by atoms with Crippen LogP contribution in [-0.2, 0) is 51.2 Å². The molecule has 4 amide bonds. The first-order valence-electron chi connectivity index (χ1n) is 29.7. The molecule has 1 aromatic carbocycles. The van der Waals surface area contributed by atoms with Crippen molar-refractivity contribution in [2.75, 3.05) is 123 Å². The normalized spacial score (nSPS) is 21.5. The Morgan fingerprint density at radius 3 is 2.29 bits per heavy atom. The van der Waals surface area contributed by atoms with Gasteiger partial charge < -0.3 is 60.2 Å². The maximum Gasteiger partial charge on any atom is 0.246 e. The summed E-state index contributed by atoms with van der Waals surface area (Å²) in [5.74, 6) is -1.02. The number of allylic oxidation sites excluding steroid dienone is 2. The fraction of sp³-hybridized carbons (Fsp3) is 0.574. The van der Waals surface area contributed by atoms with Gasteiger partial charge in [0.05, 0.1) is 100 Å². The first-order valence-corrected chi connectivity index (χ1v) is 30.7. The maximum absolute atomic E-state index is 14.9. The minimum absolute atomic E-state index is 0.0133. The number of carbonyl (C=O) groups is 5. The molecule has 5 aliphatic heterocycles. The topological polar surface area (TPSA) is 240 Å². The largest absolute Gasteiger partial charge is 0.382 e. The van der Waals surface area contributed by atoms with E-state index in [9.17, 15) is 32.8 Å². The molecule has 21 nitrogen and oxygen atoms in total. The van der Waals surface area contributed by atoms with E-state index in [4.69, 9.17) is 34.8 Å². The molecule has 5 N–H and O–H groups in total. The third-order valence-electron chi connectivity index (χ3n) is 16.4. The van der Waals surface area contributed by atoms with Gasteiger partial charge in [0.2, 0.25) is 23.6 Å². The fourth-order valence-electron chi connectivity index (χ4n) is 11.4. The summed E-state index contributed by atoms with van der Waals surface area (Å²) in [4.78, 5) is 84.1. The van der Waals surface area contributed by atoms with Crippen molar-refractivity contribution in [3.63, 3.8) is 0 Å². The van der Waals surface area contributed by atoms with E-state index in [0.717, 1.165) is 85.7 Å². The second-order valence-electron chi connectivity index (χ2n) is 22.2. The molecule has 7 heterocycles. The zero-order valence-corrected chi connectivity index (χ0v) is 50.4. The third-order valence-corrected chi connectivity index (χ3v) is 17.5. The standard InChI is InChI=1S/C61H84F2N12O9S/c1-40-35-47(63)9-6-12-54(77)71(5)38-48-55(45-36-52(58(64)67-37-45)73-21-7-10-50(40)73)42(3)75(70-48)25-20-66-53(76)19-27-81-29-31-83-33-34-84-32-30-82-28-26-72-23-17-43(18-24-72)56(69-59(79)41(2)65-4)61(80)74-22-8-11-51(74)60-68-49(39-85-60)57(78)44-13-15-46(62)16-14-44/h6,9,13-16,35-37,41,43,49-51,56,65H,1,7-8,10-12,17-34,38-39H2,2-5H3,(H2,64,67)(H,66,76)(H,69,79)/b9-6-,47-35+/t41-,49?,50-,51-,56-/m1/s1. The van der Waals surface area contributed by atoms with Crippen LogP contribution in [0.25, 0.3) is 11.1 Å². The van der Waals surface area contributed by atoms with Gasteiger partial charge in [0.1, 0.15) is 29.5 Å². The number of anilines is 2. The molecule has 3 fully saturated rings. The molecule has 462 valence electrons. The Morgan fingerprint density at radius 2 is 1.58 bits per heavy atom. The number of aromatic nitrogens is 3. The van der Waals surface area contributed by atoms with Crippen LogP contribution >= 0.6 is 11.8 Å². The number of thioether (sulfide) groups is 1. The average molecular weight is 1200 g/mol. The number of carbonyl (C=O) groups excluding carboxylic acids is 5. The average Bonchev–Trinajstić information content (AvgIpc) is 4.57.